The van der Waals surface area contributed by atoms with Crippen LogP contribution in [0.1, 0.15) is 38.5 Å². The predicted molar refractivity (Wildman–Crippen MR) is 50.6 cm³/mol. The average molecular weight is 193 g/mol. The number of Topliss-reactive ketones (excluding diaryl/α,β-unsaturated/α-hetero) is 1. The van der Waals surface area contributed by atoms with E-state index >= 15 is 0 Å². The Balaban J connectivity index is 1.80. The summed E-state index contributed by atoms with van der Waals surface area (Å²) in [5.41, 5.74) is 0. The van der Waals surface area contributed by atoms with Crippen LogP contribution in [-0.2, 0) is 9.59 Å². The van der Waals surface area contributed by atoms with Crippen molar-refractivity contribution in [2.45, 2.75) is 50.6 Å². The van der Waals surface area contributed by atoms with E-state index in [1.807, 2.05) is 4.90 Å². The van der Waals surface area contributed by atoms with Crippen LogP contribution in [0, 0.1) is 5.92 Å². The van der Waals surface area contributed by atoms with Crippen molar-refractivity contribution in [3.8, 4) is 0 Å². The van der Waals surface area contributed by atoms with Crippen LogP contribution >= 0.6 is 0 Å². The molecule has 2 aliphatic heterocycles. The van der Waals surface area contributed by atoms with E-state index in [1.54, 1.807) is 0 Å². The van der Waals surface area contributed by atoms with Crippen molar-refractivity contribution in [3.05, 3.63) is 0 Å². The molecule has 3 fully saturated rings. The maximum absolute atomic E-state index is 11.9. The van der Waals surface area contributed by atoms with Crippen LogP contribution in [0.15, 0.2) is 0 Å². The monoisotopic (exact) mass is 193 g/mol. The van der Waals surface area contributed by atoms with Crippen molar-refractivity contribution in [2.75, 3.05) is 0 Å². The van der Waals surface area contributed by atoms with Gasteiger partial charge in [0.15, 0.2) is 0 Å². The summed E-state index contributed by atoms with van der Waals surface area (Å²) in [4.78, 5) is 25.3. The van der Waals surface area contributed by atoms with E-state index in [9.17, 15) is 9.59 Å². The summed E-state index contributed by atoms with van der Waals surface area (Å²) in [6.45, 7) is 0. The maximum Gasteiger partial charge on any atom is 0.226 e. The highest BCUT2D eigenvalue weighted by molar-refractivity contribution is 5.87. The molecule has 2 heterocycles. The Morgan fingerprint density at radius 3 is 2.14 bits per heavy atom. The SMILES string of the molecule is O=C1CC2CCC(C1)N2C(=O)C1CC1. The molecule has 0 N–H and O–H groups in total. The number of rotatable bonds is 1. The Morgan fingerprint density at radius 2 is 1.64 bits per heavy atom. The van der Waals surface area contributed by atoms with Crippen LogP contribution in [-0.4, -0.2) is 28.7 Å². The molecule has 14 heavy (non-hydrogen) atoms. The maximum atomic E-state index is 11.9. The zero-order valence-corrected chi connectivity index (χ0v) is 8.24. The molecule has 2 bridgehead atoms. The van der Waals surface area contributed by atoms with Crippen LogP contribution in [0.3, 0.4) is 0 Å². The minimum absolute atomic E-state index is 0.259. The molecule has 3 nitrogen and oxygen atoms in total. The Hall–Kier alpha value is -0.860. The van der Waals surface area contributed by atoms with Gasteiger partial charge < -0.3 is 4.90 Å². The van der Waals surface area contributed by atoms with Crippen LogP contribution in [0.4, 0.5) is 0 Å². The Kier molecular flexibility index (Phi) is 1.70. The molecule has 3 heteroatoms. The van der Waals surface area contributed by atoms with Gasteiger partial charge in [0.05, 0.1) is 0 Å². The molecule has 3 aliphatic rings. The number of ketones is 1. The van der Waals surface area contributed by atoms with Crippen LogP contribution in [0.25, 0.3) is 0 Å². The molecule has 2 unspecified atom stereocenters. The number of piperidine rings is 1. The van der Waals surface area contributed by atoms with Crippen molar-refractivity contribution in [3.63, 3.8) is 0 Å². The Labute approximate surface area is 83.5 Å². The number of amides is 1. The molecule has 0 aromatic rings. The lowest BCUT2D eigenvalue weighted by Gasteiger charge is -2.34. The van der Waals surface area contributed by atoms with Crippen LogP contribution in [0.2, 0.25) is 0 Å². The minimum Gasteiger partial charge on any atom is -0.336 e. The fourth-order valence-electron chi connectivity index (χ4n) is 2.87. The highest BCUT2D eigenvalue weighted by Gasteiger charge is 2.46. The second-order valence-corrected chi connectivity index (χ2v) is 4.85. The Morgan fingerprint density at radius 1 is 1.07 bits per heavy atom. The lowest BCUT2D eigenvalue weighted by Crippen LogP contribution is -2.47. The number of nitrogens with zero attached hydrogens (tertiary/aromatic N) is 1. The minimum atomic E-state index is 0.259. The van der Waals surface area contributed by atoms with E-state index in [4.69, 9.17) is 0 Å². The number of carbonyl (C=O) groups excluding carboxylic acids is 2. The van der Waals surface area contributed by atoms with E-state index < -0.39 is 0 Å². The van der Waals surface area contributed by atoms with Gasteiger partial charge in [-0.2, -0.15) is 0 Å². The molecule has 1 aliphatic carbocycles. The second-order valence-electron chi connectivity index (χ2n) is 4.85. The van der Waals surface area contributed by atoms with Gasteiger partial charge in [-0.3, -0.25) is 9.59 Å². The van der Waals surface area contributed by atoms with Gasteiger partial charge in [0, 0.05) is 30.8 Å². The predicted octanol–water partition coefficient (Wildman–Crippen LogP) is 1.12. The van der Waals surface area contributed by atoms with E-state index in [0.29, 0.717) is 30.4 Å². The summed E-state index contributed by atoms with van der Waals surface area (Å²) < 4.78 is 0. The fraction of sp³-hybridized carbons (Fsp3) is 0.818. The summed E-state index contributed by atoms with van der Waals surface area (Å²) in [5.74, 6) is 1.01. The van der Waals surface area contributed by atoms with Gasteiger partial charge in [0.2, 0.25) is 5.91 Å². The van der Waals surface area contributed by atoms with E-state index in [-0.39, 0.29) is 12.1 Å². The number of carbonyl (C=O) groups is 2. The van der Waals surface area contributed by atoms with Gasteiger partial charge in [-0.25, -0.2) is 0 Å². The van der Waals surface area contributed by atoms with Gasteiger partial charge in [-0.15, -0.1) is 0 Å². The van der Waals surface area contributed by atoms with E-state index in [0.717, 1.165) is 25.7 Å². The molecular weight excluding hydrogens is 178 g/mol. The Bertz CT molecular complexity index is 280. The molecule has 1 saturated carbocycles. The zero-order valence-electron chi connectivity index (χ0n) is 8.24. The van der Waals surface area contributed by atoms with Crippen molar-refractivity contribution in [2.24, 2.45) is 5.92 Å². The standard InChI is InChI=1S/C11H15NO2/c13-10-5-8-3-4-9(6-10)12(8)11(14)7-1-2-7/h7-9H,1-6H2. The first-order chi connectivity index (χ1) is 6.75. The molecule has 1 amide bonds. The zero-order chi connectivity index (χ0) is 9.71. The highest BCUT2D eigenvalue weighted by atomic mass is 16.2. The molecule has 0 spiro atoms. The number of hydrogen-bond donors (Lipinski definition) is 0. The fourth-order valence-corrected chi connectivity index (χ4v) is 2.87. The summed E-state index contributed by atoms with van der Waals surface area (Å²) in [6, 6.07) is 0.517. The molecule has 2 saturated heterocycles. The third kappa shape index (κ3) is 1.18. The molecule has 76 valence electrons. The highest BCUT2D eigenvalue weighted by Crippen LogP contribution is 2.39. The van der Waals surface area contributed by atoms with Gasteiger partial charge in [0.1, 0.15) is 5.78 Å². The molecule has 2 atom stereocenters. The summed E-state index contributed by atoms with van der Waals surface area (Å²) in [5, 5.41) is 0. The van der Waals surface area contributed by atoms with E-state index in [2.05, 4.69) is 0 Å². The lowest BCUT2D eigenvalue weighted by molar-refractivity contribution is -0.139. The van der Waals surface area contributed by atoms with Crippen LogP contribution in [0.5, 0.6) is 0 Å². The van der Waals surface area contributed by atoms with Gasteiger partial charge >= 0.3 is 0 Å². The summed E-state index contributed by atoms with van der Waals surface area (Å²) in [7, 11) is 0. The van der Waals surface area contributed by atoms with Crippen molar-refractivity contribution < 1.29 is 9.59 Å². The number of fused-ring (bicyclic) bond motifs is 2. The van der Waals surface area contributed by atoms with Crippen molar-refractivity contribution >= 4 is 11.7 Å². The third-order valence-corrected chi connectivity index (χ3v) is 3.73. The number of hydrogen-bond acceptors (Lipinski definition) is 2. The largest absolute Gasteiger partial charge is 0.336 e. The molecule has 0 radical (unpaired) electrons. The molecule has 0 aromatic heterocycles. The first-order valence-electron chi connectivity index (χ1n) is 5.59. The average Bonchev–Trinajstić information content (AvgIpc) is 2.92. The molecule has 3 rings (SSSR count). The quantitative estimate of drug-likeness (QED) is 0.625. The van der Waals surface area contributed by atoms with Crippen molar-refractivity contribution in [1.29, 1.82) is 0 Å². The van der Waals surface area contributed by atoms with E-state index in [1.165, 1.54) is 0 Å². The van der Waals surface area contributed by atoms with Crippen LogP contribution < -0.4 is 0 Å². The summed E-state index contributed by atoms with van der Waals surface area (Å²) >= 11 is 0. The first kappa shape index (κ1) is 8.45. The van der Waals surface area contributed by atoms with Gasteiger partial charge in [-0.05, 0) is 25.7 Å². The van der Waals surface area contributed by atoms with Gasteiger partial charge in [-0.1, -0.05) is 0 Å². The first-order valence-corrected chi connectivity index (χ1v) is 5.59. The smallest absolute Gasteiger partial charge is 0.226 e. The third-order valence-electron chi connectivity index (χ3n) is 3.73. The van der Waals surface area contributed by atoms with Gasteiger partial charge in [0.25, 0.3) is 0 Å². The summed E-state index contributed by atoms with van der Waals surface area (Å²) in [6.07, 6.45) is 5.49. The molecular formula is C11H15NO2. The molecule has 0 aromatic carbocycles. The van der Waals surface area contributed by atoms with Crippen molar-refractivity contribution in [1.82, 2.24) is 4.90 Å². The topological polar surface area (TPSA) is 37.4 Å². The lowest BCUT2D eigenvalue weighted by atomic mass is 10.0. The normalized spacial score (nSPS) is 36.3. The second kappa shape index (κ2) is 2.81.